The average molecular weight is 240 g/mol. The van der Waals surface area contributed by atoms with Crippen LogP contribution in [0.2, 0.25) is 0 Å². The molecule has 0 spiro atoms. The molecule has 1 aliphatic rings. The van der Waals surface area contributed by atoms with Crippen molar-refractivity contribution in [3.8, 4) is 0 Å². The van der Waals surface area contributed by atoms with Crippen molar-refractivity contribution in [2.45, 2.75) is 45.4 Å². The Kier molecular flexibility index (Phi) is 3.44. The molecule has 1 aromatic heterocycles. The largest absolute Gasteiger partial charge is 0.293 e. The summed E-state index contributed by atoms with van der Waals surface area (Å²) in [7, 11) is 0. The van der Waals surface area contributed by atoms with E-state index >= 15 is 0 Å². The molecule has 0 atom stereocenters. The number of nitrogens with one attached hydrogen (secondary N) is 1. The Balaban J connectivity index is 1.97. The van der Waals surface area contributed by atoms with Gasteiger partial charge in [-0.1, -0.05) is 27.2 Å². The van der Waals surface area contributed by atoms with E-state index in [2.05, 4.69) is 40.6 Å². The predicted octanol–water partition coefficient (Wildman–Crippen LogP) is 2.65. The zero-order chi connectivity index (χ0) is 11.6. The van der Waals surface area contributed by atoms with Crippen LogP contribution in [0.25, 0.3) is 0 Å². The van der Waals surface area contributed by atoms with Crippen LogP contribution in [-0.2, 0) is 5.41 Å². The van der Waals surface area contributed by atoms with Crippen molar-refractivity contribution in [1.29, 1.82) is 0 Å². The van der Waals surface area contributed by atoms with Crippen molar-refractivity contribution in [1.82, 2.24) is 14.4 Å². The molecular weight excluding hydrogens is 220 g/mol. The number of nitrogens with zero attached hydrogens (tertiary/aromatic N) is 3. The lowest BCUT2D eigenvalue weighted by Crippen LogP contribution is -2.34. The number of hydrogen-bond acceptors (Lipinski definition) is 5. The van der Waals surface area contributed by atoms with Crippen LogP contribution in [0.4, 0.5) is 5.13 Å². The number of anilines is 1. The molecule has 0 amide bonds. The first-order valence-electron chi connectivity index (χ1n) is 5.91. The number of aromatic nitrogens is 2. The quantitative estimate of drug-likeness (QED) is 0.863. The minimum atomic E-state index is 0.0400. The molecule has 1 N–H and O–H groups in total. The molecule has 16 heavy (non-hydrogen) atoms. The summed E-state index contributed by atoms with van der Waals surface area (Å²) in [5, 5.41) is 3.17. The Hall–Kier alpha value is -0.680. The normalized spacial score (nSPS) is 18.7. The predicted molar refractivity (Wildman–Crippen MR) is 67.7 cm³/mol. The van der Waals surface area contributed by atoms with Crippen LogP contribution in [0.1, 0.15) is 45.9 Å². The van der Waals surface area contributed by atoms with Crippen LogP contribution in [0.15, 0.2) is 0 Å². The first kappa shape index (κ1) is 11.8. The van der Waals surface area contributed by atoms with E-state index in [0.29, 0.717) is 0 Å². The van der Waals surface area contributed by atoms with Crippen LogP contribution in [-0.4, -0.2) is 27.5 Å². The van der Waals surface area contributed by atoms with Gasteiger partial charge in [-0.3, -0.25) is 5.43 Å². The fourth-order valence-corrected chi connectivity index (χ4v) is 2.50. The molecule has 0 saturated carbocycles. The van der Waals surface area contributed by atoms with Gasteiger partial charge in [0.05, 0.1) is 0 Å². The maximum absolute atomic E-state index is 4.53. The van der Waals surface area contributed by atoms with E-state index in [1.54, 1.807) is 0 Å². The molecule has 2 heterocycles. The third kappa shape index (κ3) is 2.92. The van der Waals surface area contributed by atoms with Gasteiger partial charge in [0, 0.05) is 30.0 Å². The van der Waals surface area contributed by atoms with Crippen molar-refractivity contribution in [3.63, 3.8) is 0 Å². The maximum Gasteiger partial charge on any atom is 0.217 e. The molecule has 0 radical (unpaired) electrons. The lowest BCUT2D eigenvalue weighted by Gasteiger charge is -2.26. The molecule has 1 fully saturated rings. The number of hydrazine groups is 1. The molecule has 1 saturated heterocycles. The minimum Gasteiger partial charge on any atom is -0.293 e. The van der Waals surface area contributed by atoms with Crippen molar-refractivity contribution in [2.24, 2.45) is 0 Å². The minimum absolute atomic E-state index is 0.0400. The highest BCUT2D eigenvalue weighted by molar-refractivity contribution is 7.09. The molecule has 0 aliphatic carbocycles. The van der Waals surface area contributed by atoms with Gasteiger partial charge < -0.3 is 0 Å². The van der Waals surface area contributed by atoms with E-state index in [4.69, 9.17) is 0 Å². The monoisotopic (exact) mass is 240 g/mol. The van der Waals surface area contributed by atoms with E-state index in [0.717, 1.165) is 24.0 Å². The molecule has 0 unspecified atom stereocenters. The second kappa shape index (κ2) is 4.67. The third-order valence-electron chi connectivity index (χ3n) is 2.71. The number of hydrogen-bond donors (Lipinski definition) is 1. The van der Waals surface area contributed by atoms with Gasteiger partial charge in [-0.25, -0.2) is 9.99 Å². The van der Waals surface area contributed by atoms with Gasteiger partial charge in [0.25, 0.3) is 0 Å². The van der Waals surface area contributed by atoms with Gasteiger partial charge in [0.15, 0.2) is 0 Å². The summed E-state index contributed by atoms with van der Waals surface area (Å²) in [5.74, 6) is 0.928. The SMILES string of the molecule is CC(C)(C)c1nsc(NN2CCCCC2)n1. The summed E-state index contributed by atoms with van der Waals surface area (Å²) in [5.41, 5.74) is 3.39. The van der Waals surface area contributed by atoms with Crippen molar-refractivity contribution < 1.29 is 0 Å². The fourth-order valence-electron chi connectivity index (χ4n) is 1.71. The zero-order valence-corrected chi connectivity index (χ0v) is 11.1. The first-order valence-corrected chi connectivity index (χ1v) is 6.69. The Bertz CT molecular complexity index is 336. The van der Waals surface area contributed by atoms with E-state index in [1.165, 1.54) is 30.8 Å². The zero-order valence-electron chi connectivity index (χ0n) is 10.3. The summed E-state index contributed by atoms with van der Waals surface area (Å²) in [6, 6.07) is 0. The second-order valence-corrected chi connectivity index (χ2v) is 6.08. The highest BCUT2D eigenvalue weighted by atomic mass is 32.1. The van der Waals surface area contributed by atoms with Crippen LogP contribution < -0.4 is 5.43 Å². The van der Waals surface area contributed by atoms with E-state index in [1.807, 2.05) is 0 Å². The molecule has 4 nitrogen and oxygen atoms in total. The van der Waals surface area contributed by atoms with Crippen LogP contribution in [0.5, 0.6) is 0 Å². The Morgan fingerprint density at radius 1 is 1.19 bits per heavy atom. The molecule has 0 aromatic carbocycles. The smallest absolute Gasteiger partial charge is 0.217 e. The molecule has 2 rings (SSSR count). The molecule has 1 aromatic rings. The summed E-state index contributed by atoms with van der Waals surface area (Å²) >= 11 is 1.46. The van der Waals surface area contributed by atoms with Gasteiger partial charge in [0.1, 0.15) is 5.82 Å². The van der Waals surface area contributed by atoms with Gasteiger partial charge >= 0.3 is 0 Å². The first-order chi connectivity index (χ1) is 7.55. The second-order valence-electron chi connectivity index (χ2n) is 5.33. The van der Waals surface area contributed by atoms with Gasteiger partial charge in [-0.05, 0) is 12.8 Å². The molecule has 1 aliphatic heterocycles. The Morgan fingerprint density at radius 3 is 2.44 bits per heavy atom. The Labute approximate surface area is 101 Å². The lowest BCUT2D eigenvalue weighted by molar-refractivity contribution is 0.273. The average Bonchev–Trinajstić information content (AvgIpc) is 2.67. The van der Waals surface area contributed by atoms with Crippen LogP contribution in [0, 0.1) is 0 Å². The number of piperidine rings is 1. The van der Waals surface area contributed by atoms with Gasteiger partial charge in [0.2, 0.25) is 5.13 Å². The molecular formula is C11H20N4S. The third-order valence-corrected chi connectivity index (χ3v) is 3.33. The van der Waals surface area contributed by atoms with Crippen molar-refractivity contribution in [3.05, 3.63) is 5.82 Å². The van der Waals surface area contributed by atoms with Crippen molar-refractivity contribution >= 4 is 16.7 Å². The standard InChI is InChI=1S/C11H20N4S/c1-11(2,3)9-12-10(16-14-9)13-15-7-5-4-6-8-15/h4-8H2,1-3H3,(H,12,13,14). The summed E-state index contributed by atoms with van der Waals surface area (Å²) in [6.45, 7) is 8.65. The van der Waals surface area contributed by atoms with Crippen LogP contribution in [0.3, 0.4) is 0 Å². The van der Waals surface area contributed by atoms with Gasteiger partial charge in [-0.2, -0.15) is 4.37 Å². The summed E-state index contributed by atoms with van der Waals surface area (Å²) in [6.07, 6.45) is 3.90. The fraction of sp³-hybridized carbons (Fsp3) is 0.818. The summed E-state index contributed by atoms with van der Waals surface area (Å²) in [4.78, 5) is 4.53. The van der Waals surface area contributed by atoms with E-state index < -0.39 is 0 Å². The van der Waals surface area contributed by atoms with E-state index in [-0.39, 0.29) is 5.41 Å². The lowest BCUT2D eigenvalue weighted by atomic mass is 9.96. The molecule has 5 heteroatoms. The topological polar surface area (TPSA) is 41.1 Å². The van der Waals surface area contributed by atoms with Gasteiger partial charge in [-0.15, -0.1) is 0 Å². The van der Waals surface area contributed by atoms with E-state index in [9.17, 15) is 0 Å². The molecule has 90 valence electrons. The maximum atomic E-state index is 4.53. The highest BCUT2D eigenvalue weighted by Gasteiger charge is 2.20. The molecule has 0 bridgehead atoms. The van der Waals surface area contributed by atoms with Crippen molar-refractivity contribution in [2.75, 3.05) is 18.5 Å². The Morgan fingerprint density at radius 2 is 1.88 bits per heavy atom. The number of rotatable bonds is 2. The van der Waals surface area contributed by atoms with Crippen LogP contribution >= 0.6 is 11.5 Å². The highest BCUT2D eigenvalue weighted by Crippen LogP contribution is 2.23. The summed E-state index contributed by atoms with van der Waals surface area (Å²) < 4.78 is 4.39.